The van der Waals surface area contributed by atoms with Crippen LogP contribution in [0.25, 0.3) is 0 Å². The fourth-order valence-electron chi connectivity index (χ4n) is 2.43. The minimum absolute atomic E-state index is 0.0194. The molecule has 0 aromatic rings. The van der Waals surface area contributed by atoms with Gasteiger partial charge < -0.3 is 14.2 Å². The summed E-state index contributed by atoms with van der Waals surface area (Å²) < 4.78 is 15.9. The summed E-state index contributed by atoms with van der Waals surface area (Å²) in [6.45, 7) is 2.27. The molecule has 3 fully saturated rings. The molecule has 3 rings (SSSR count). The van der Waals surface area contributed by atoms with E-state index in [0.717, 1.165) is 6.42 Å². The first-order chi connectivity index (χ1) is 6.31. The maximum absolute atomic E-state index is 11.4. The van der Waals surface area contributed by atoms with E-state index < -0.39 is 0 Å². The molecule has 5 atom stereocenters. The highest BCUT2D eigenvalue weighted by atomic mass is 16.7. The lowest BCUT2D eigenvalue weighted by molar-refractivity contribution is -0.150. The van der Waals surface area contributed by atoms with Crippen molar-refractivity contribution in [3.8, 4) is 0 Å². The summed E-state index contributed by atoms with van der Waals surface area (Å²) in [5.41, 5.74) is 0. The van der Waals surface area contributed by atoms with Crippen molar-refractivity contribution < 1.29 is 19.0 Å². The highest BCUT2D eigenvalue weighted by Crippen LogP contribution is 2.51. The highest BCUT2D eigenvalue weighted by Gasteiger charge is 2.66. The third kappa shape index (κ3) is 0.957. The Morgan fingerprint density at radius 1 is 1.38 bits per heavy atom. The fourth-order valence-corrected chi connectivity index (χ4v) is 2.43. The molecule has 0 radical (unpaired) electrons. The topological polar surface area (TPSA) is 48.1 Å². The molecule has 13 heavy (non-hydrogen) atoms. The van der Waals surface area contributed by atoms with Crippen LogP contribution >= 0.6 is 0 Å². The van der Waals surface area contributed by atoms with Crippen molar-refractivity contribution in [1.82, 2.24) is 0 Å². The van der Waals surface area contributed by atoms with Gasteiger partial charge in [-0.2, -0.15) is 0 Å². The lowest BCUT2D eigenvalue weighted by atomic mass is 9.89. The summed E-state index contributed by atoms with van der Waals surface area (Å²) in [6.07, 6.45) is 1.40. The van der Waals surface area contributed by atoms with Crippen LogP contribution in [0.4, 0.5) is 0 Å². The number of epoxide rings is 1. The van der Waals surface area contributed by atoms with Crippen LogP contribution in [0, 0.1) is 5.92 Å². The SMILES string of the molecule is CCOC(=O)[C@@H]1C[C@@H]2O[C@H]1[C@H]1O[C@H]12. The normalized spacial score (nSPS) is 50.4. The van der Waals surface area contributed by atoms with Crippen LogP contribution in [0.5, 0.6) is 0 Å². The quantitative estimate of drug-likeness (QED) is 0.451. The summed E-state index contributed by atoms with van der Waals surface area (Å²) in [6, 6.07) is 0. The third-order valence-electron chi connectivity index (χ3n) is 3.06. The summed E-state index contributed by atoms with van der Waals surface area (Å²) in [5, 5.41) is 0. The van der Waals surface area contributed by atoms with Gasteiger partial charge in [-0.25, -0.2) is 0 Å². The Morgan fingerprint density at radius 3 is 2.85 bits per heavy atom. The molecular weight excluding hydrogens is 172 g/mol. The van der Waals surface area contributed by atoms with Gasteiger partial charge in [0.15, 0.2) is 0 Å². The van der Waals surface area contributed by atoms with Gasteiger partial charge >= 0.3 is 5.97 Å². The zero-order valence-electron chi connectivity index (χ0n) is 7.43. The lowest BCUT2D eigenvalue weighted by Crippen LogP contribution is -2.31. The van der Waals surface area contributed by atoms with Crippen LogP contribution in [0.1, 0.15) is 13.3 Å². The van der Waals surface area contributed by atoms with Gasteiger partial charge in [0, 0.05) is 0 Å². The molecule has 3 saturated heterocycles. The second-order valence-corrected chi connectivity index (χ2v) is 3.80. The Morgan fingerprint density at radius 2 is 2.23 bits per heavy atom. The van der Waals surface area contributed by atoms with E-state index >= 15 is 0 Å². The second kappa shape index (κ2) is 2.45. The Hall–Kier alpha value is -0.610. The van der Waals surface area contributed by atoms with Crippen molar-refractivity contribution in [2.75, 3.05) is 6.61 Å². The van der Waals surface area contributed by atoms with Crippen molar-refractivity contribution in [3.63, 3.8) is 0 Å². The van der Waals surface area contributed by atoms with E-state index in [1.54, 1.807) is 0 Å². The van der Waals surface area contributed by atoms with Gasteiger partial charge in [0.1, 0.15) is 18.3 Å². The minimum Gasteiger partial charge on any atom is -0.466 e. The molecule has 2 bridgehead atoms. The molecule has 0 aliphatic carbocycles. The van der Waals surface area contributed by atoms with Crippen molar-refractivity contribution in [2.24, 2.45) is 5.92 Å². The summed E-state index contributed by atoms with van der Waals surface area (Å²) >= 11 is 0. The van der Waals surface area contributed by atoms with E-state index in [1.165, 1.54) is 0 Å². The number of carbonyl (C=O) groups is 1. The van der Waals surface area contributed by atoms with E-state index in [0.29, 0.717) is 6.61 Å². The average molecular weight is 184 g/mol. The van der Waals surface area contributed by atoms with E-state index in [2.05, 4.69) is 0 Å². The largest absolute Gasteiger partial charge is 0.466 e. The molecule has 4 nitrogen and oxygen atoms in total. The predicted molar refractivity (Wildman–Crippen MR) is 42.1 cm³/mol. The van der Waals surface area contributed by atoms with Gasteiger partial charge in [0.25, 0.3) is 0 Å². The van der Waals surface area contributed by atoms with Gasteiger partial charge in [-0.1, -0.05) is 0 Å². The van der Waals surface area contributed by atoms with Crippen molar-refractivity contribution >= 4 is 5.97 Å². The van der Waals surface area contributed by atoms with Crippen LogP contribution in [0.2, 0.25) is 0 Å². The van der Waals surface area contributed by atoms with E-state index in [4.69, 9.17) is 14.2 Å². The number of ether oxygens (including phenoxy) is 3. The first kappa shape index (κ1) is 7.76. The molecule has 0 N–H and O–H groups in total. The van der Waals surface area contributed by atoms with Crippen LogP contribution in [0.3, 0.4) is 0 Å². The first-order valence-corrected chi connectivity index (χ1v) is 4.79. The number of carbonyl (C=O) groups excluding carboxylic acids is 1. The van der Waals surface area contributed by atoms with Crippen molar-refractivity contribution in [2.45, 2.75) is 37.8 Å². The smallest absolute Gasteiger partial charge is 0.311 e. The zero-order valence-corrected chi connectivity index (χ0v) is 7.43. The van der Waals surface area contributed by atoms with Gasteiger partial charge in [0.2, 0.25) is 0 Å². The molecule has 3 heterocycles. The Balaban J connectivity index is 1.70. The molecule has 4 heteroatoms. The second-order valence-electron chi connectivity index (χ2n) is 3.80. The zero-order chi connectivity index (χ0) is 9.00. The summed E-state index contributed by atoms with van der Waals surface area (Å²) in [5.74, 6) is -0.197. The highest BCUT2D eigenvalue weighted by molar-refractivity contribution is 5.74. The third-order valence-corrected chi connectivity index (χ3v) is 3.06. The van der Waals surface area contributed by atoms with E-state index in [9.17, 15) is 4.79 Å². The summed E-state index contributed by atoms with van der Waals surface area (Å²) in [4.78, 5) is 11.4. The molecule has 0 amide bonds. The molecule has 0 aromatic heterocycles. The molecule has 0 spiro atoms. The minimum atomic E-state index is -0.121. The van der Waals surface area contributed by atoms with Gasteiger partial charge in [-0.15, -0.1) is 0 Å². The number of rotatable bonds is 2. The standard InChI is InChI=1S/C9H12O4/c1-2-11-9(10)4-3-5-7-8(13-7)6(4)12-5/h4-8H,2-3H2,1H3/t4-,5+,6-,7+,8-/m1/s1. The molecule has 0 aromatic carbocycles. The number of fused-ring (bicyclic) bond motifs is 5. The monoisotopic (exact) mass is 184 g/mol. The van der Waals surface area contributed by atoms with Crippen LogP contribution in [-0.2, 0) is 19.0 Å². The molecule has 3 aliphatic heterocycles. The Bertz CT molecular complexity index is 252. The van der Waals surface area contributed by atoms with Crippen molar-refractivity contribution in [1.29, 1.82) is 0 Å². The summed E-state index contributed by atoms with van der Waals surface area (Å²) in [7, 11) is 0. The number of hydrogen-bond donors (Lipinski definition) is 0. The number of esters is 1. The molecule has 3 aliphatic rings. The van der Waals surface area contributed by atoms with Crippen LogP contribution in [-0.4, -0.2) is 37.0 Å². The van der Waals surface area contributed by atoms with Gasteiger partial charge in [0.05, 0.1) is 18.6 Å². The maximum Gasteiger partial charge on any atom is 0.311 e. The first-order valence-electron chi connectivity index (χ1n) is 4.79. The lowest BCUT2D eigenvalue weighted by Gasteiger charge is -2.14. The van der Waals surface area contributed by atoms with Gasteiger partial charge in [-0.3, -0.25) is 4.79 Å². The van der Waals surface area contributed by atoms with Crippen LogP contribution in [0.15, 0.2) is 0 Å². The van der Waals surface area contributed by atoms with Crippen LogP contribution < -0.4 is 0 Å². The average Bonchev–Trinajstić information content (AvgIpc) is 2.72. The Labute approximate surface area is 76.1 Å². The Kier molecular flexibility index (Phi) is 1.46. The van der Waals surface area contributed by atoms with Gasteiger partial charge in [-0.05, 0) is 13.3 Å². The maximum atomic E-state index is 11.4. The van der Waals surface area contributed by atoms with E-state index in [1.807, 2.05) is 6.92 Å². The predicted octanol–water partition coefficient (Wildman–Crippen LogP) is 0.104. The van der Waals surface area contributed by atoms with E-state index in [-0.39, 0.29) is 36.3 Å². The molecule has 0 unspecified atom stereocenters. The molecular formula is C9H12O4. The fraction of sp³-hybridized carbons (Fsp3) is 0.889. The molecule has 72 valence electrons. The number of hydrogen-bond acceptors (Lipinski definition) is 4. The molecule has 0 saturated carbocycles. The van der Waals surface area contributed by atoms with Crippen molar-refractivity contribution in [3.05, 3.63) is 0 Å².